The van der Waals surface area contributed by atoms with E-state index < -0.39 is 58.5 Å². The van der Waals surface area contributed by atoms with E-state index in [0.29, 0.717) is 28.1 Å². The van der Waals surface area contributed by atoms with Gasteiger partial charge in [0.1, 0.15) is 18.0 Å². The number of phenols is 1. The van der Waals surface area contributed by atoms with Crippen molar-refractivity contribution in [2.45, 2.75) is 26.2 Å². The molecule has 3 rings (SSSR count). The van der Waals surface area contributed by atoms with Crippen LogP contribution in [0.5, 0.6) is 5.75 Å². The lowest BCUT2D eigenvalue weighted by Gasteiger charge is -2.22. The molecule has 154 valence electrons. The Labute approximate surface area is 162 Å². The molecule has 2 N–H and O–H groups in total. The number of hydrogen-bond donors (Lipinski definition) is 2. The summed E-state index contributed by atoms with van der Waals surface area (Å²) in [7, 11) is -4.51. The fourth-order valence-electron chi connectivity index (χ4n) is 3.20. The van der Waals surface area contributed by atoms with Gasteiger partial charge in [-0.15, -0.1) is 0 Å². The molecule has 28 heavy (non-hydrogen) atoms. The minimum Gasteiger partial charge on any atom is -0.506 e. The lowest BCUT2D eigenvalue weighted by atomic mass is 9.97. The molecule has 0 aromatic heterocycles. The van der Waals surface area contributed by atoms with E-state index in [9.17, 15) is 23.1 Å². The summed E-state index contributed by atoms with van der Waals surface area (Å²) in [6.07, 6.45) is 0.671. The van der Waals surface area contributed by atoms with Crippen molar-refractivity contribution < 1.29 is 32.2 Å². The smallest absolute Gasteiger partial charge is 0.332 e. The Bertz CT molecular complexity index is 898. The first-order valence-electron chi connectivity index (χ1n) is 8.86. The number of halogens is 1. The second-order valence-electron chi connectivity index (χ2n) is 7.03. The average Bonchev–Trinajstić information content (AvgIpc) is 3.21. The molecule has 2 heterocycles. The van der Waals surface area contributed by atoms with Gasteiger partial charge in [-0.2, -0.15) is 12.7 Å². The first-order chi connectivity index (χ1) is 13.1. The van der Waals surface area contributed by atoms with Crippen molar-refractivity contribution in [2.75, 3.05) is 30.7 Å². The summed E-state index contributed by atoms with van der Waals surface area (Å²) in [6, 6.07) is 2.63. The standard InChI is InChI=1S/C17H22FN3O6S/c1-10(2)17(24)27-9-21-14(23)8-20(28(21,25)26)16-13(22)4-3-12(15(16)18)11-5-6-19-7-11/h3-4,10-11,19,22H,5-9H2,1-2H3. The molecule has 0 spiro atoms. The topological polar surface area (TPSA) is 116 Å². The van der Waals surface area contributed by atoms with Gasteiger partial charge < -0.3 is 15.2 Å². The third kappa shape index (κ3) is 3.51. The molecule has 2 aliphatic rings. The van der Waals surface area contributed by atoms with Crippen LogP contribution in [0.15, 0.2) is 12.1 Å². The van der Waals surface area contributed by atoms with Gasteiger partial charge in [0.05, 0.1) is 5.92 Å². The number of nitrogens with zero attached hydrogens (tertiary/aromatic N) is 2. The Kier molecular flexibility index (Phi) is 5.48. The molecule has 0 bridgehead atoms. The van der Waals surface area contributed by atoms with Gasteiger partial charge in [0.15, 0.2) is 12.5 Å². The van der Waals surface area contributed by atoms with Gasteiger partial charge in [0.25, 0.3) is 5.91 Å². The van der Waals surface area contributed by atoms with Crippen LogP contribution < -0.4 is 9.62 Å². The molecule has 1 aromatic rings. The average molecular weight is 415 g/mol. The van der Waals surface area contributed by atoms with Crippen LogP contribution in [0.1, 0.15) is 31.7 Å². The monoisotopic (exact) mass is 415 g/mol. The number of phenolic OH excluding ortho intramolecular Hbond substituents is 1. The third-order valence-electron chi connectivity index (χ3n) is 4.78. The highest BCUT2D eigenvalue weighted by Crippen LogP contribution is 2.40. The number of carbonyl (C=O) groups is 2. The molecule has 1 unspecified atom stereocenters. The second-order valence-corrected chi connectivity index (χ2v) is 8.81. The lowest BCUT2D eigenvalue weighted by molar-refractivity contribution is -0.151. The van der Waals surface area contributed by atoms with Crippen molar-refractivity contribution in [1.82, 2.24) is 9.62 Å². The highest BCUT2D eigenvalue weighted by molar-refractivity contribution is 7.91. The van der Waals surface area contributed by atoms with E-state index in [-0.39, 0.29) is 11.5 Å². The molecule has 2 saturated heterocycles. The Morgan fingerprint density at radius 3 is 2.75 bits per heavy atom. The molecule has 0 radical (unpaired) electrons. The van der Waals surface area contributed by atoms with Crippen LogP contribution in [-0.4, -0.2) is 56.1 Å². The minimum absolute atomic E-state index is 0.163. The summed E-state index contributed by atoms with van der Waals surface area (Å²) in [6.45, 7) is 2.86. The fraction of sp³-hybridized carbons (Fsp3) is 0.529. The maximum absolute atomic E-state index is 15.1. The molecule has 1 atom stereocenters. The number of anilines is 1. The van der Waals surface area contributed by atoms with Gasteiger partial charge in [0.2, 0.25) is 0 Å². The SMILES string of the molecule is CC(C)C(=O)OCN1C(=O)CN(c2c(O)ccc(C3CCNC3)c2F)S1(=O)=O. The van der Waals surface area contributed by atoms with Gasteiger partial charge in [-0.3, -0.25) is 9.59 Å². The predicted molar refractivity (Wildman–Crippen MR) is 97.2 cm³/mol. The highest BCUT2D eigenvalue weighted by Gasteiger charge is 2.46. The summed E-state index contributed by atoms with van der Waals surface area (Å²) in [5, 5.41) is 13.2. The zero-order chi connectivity index (χ0) is 20.6. The number of hydrogen-bond acceptors (Lipinski definition) is 7. The van der Waals surface area contributed by atoms with Crippen LogP contribution >= 0.6 is 0 Å². The van der Waals surface area contributed by atoms with E-state index in [0.717, 1.165) is 0 Å². The molecule has 0 aliphatic carbocycles. The van der Waals surface area contributed by atoms with E-state index in [1.54, 1.807) is 13.8 Å². The van der Waals surface area contributed by atoms with Gasteiger partial charge in [-0.1, -0.05) is 19.9 Å². The van der Waals surface area contributed by atoms with Crippen LogP contribution in [0.2, 0.25) is 0 Å². The maximum atomic E-state index is 15.1. The summed E-state index contributed by atoms with van der Waals surface area (Å²) >= 11 is 0. The van der Waals surface area contributed by atoms with Crippen molar-refractivity contribution >= 4 is 27.8 Å². The van der Waals surface area contributed by atoms with Crippen molar-refractivity contribution in [1.29, 1.82) is 0 Å². The second kappa shape index (κ2) is 7.55. The van der Waals surface area contributed by atoms with E-state index in [4.69, 9.17) is 4.74 Å². The lowest BCUT2D eigenvalue weighted by Crippen LogP contribution is -2.37. The summed E-state index contributed by atoms with van der Waals surface area (Å²) in [5.74, 6) is -3.71. The fourth-order valence-corrected chi connectivity index (χ4v) is 4.61. The van der Waals surface area contributed by atoms with Gasteiger partial charge >= 0.3 is 16.2 Å². The van der Waals surface area contributed by atoms with Crippen molar-refractivity contribution in [3.63, 3.8) is 0 Å². The Morgan fingerprint density at radius 1 is 1.43 bits per heavy atom. The zero-order valence-electron chi connectivity index (χ0n) is 15.5. The predicted octanol–water partition coefficient (Wildman–Crippen LogP) is 0.658. The number of carbonyl (C=O) groups excluding carboxylic acids is 2. The van der Waals surface area contributed by atoms with Crippen molar-refractivity contribution in [3.05, 3.63) is 23.5 Å². The van der Waals surface area contributed by atoms with Crippen molar-refractivity contribution in [2.24, 2.45) is 5.92 Å². The van der Waals surface area contributed by atoms with Crippen LogP contribution in [0.3, 0.4) is 0 Å². The molecule has 2 fully saturated rings. The largest absolute Gasteiger partial charge is 0.506 e. The summed E-state index contributed by atoms with van der Waals surface area (Å²) < 4.78 is 46.4. The maximum Gasteiger partial charge on any atom is 0.332 e. The van der Waals surface area contributed by atoms with Gasteiger partial charge in [-0.25, -0.2) is 8.70 Å². The Morgan fingerprint density at radius 2 is 2.14 bits per heavy atom. The Balaban J connectivity index is 1.93. The number of esters is 1. The first-order valence-corrected chi connectivity index (χ1v) is 10.3. The van der Waals surface area contributed by atoms with Crippen LogP contribution in [0.4, 0.5) is 10.1 Å². The van der Waals surface area contributed by atoms with Crippen LogP contribution in [0, 0.1) is 11.7 Å². The quantitative estimate of drug-likeness (QED) is 0.679. The van der Waals surface area contributed by atoms with E-state index in [1.807, 2.05) is 0 Å². The van der Waals surface area contributed by atoms with Crippen molar-refractivity contribution in [3.8, 4) is 5.75 Å². The van der Waals surface area contributed by atoms with Crippen LogP contribution in [-0.2, 0) is 24.5 Å². The minimum atomic E-state index is -4.51. The number of nitrogens with one attached hydrogen (secondary N) is 1. The van der Waals surface area contributed by atoms with E-state index >= 15 is 4.39 Å². The number of ether oxygens (including phenoxy) is 1. The number of amides is 1. The van der Waals surface area contributed by atoms with Crippen LogP contribution in [0.25, 0.3) is 0 Å². The molecule has 2 aliphatic heterocycles. The highest BCUT2D eigenvalue weighted by atomic mass is 32.2. The third-order valence-corrected chi connectivity index (χ3v) is 6.52. The molecule has 1 amide bonds. The summed E-state index contributed by atoms with van der Waals surface area (Å²) in [4.78, 5) is 23.8. The van der Waals surface area contributed by atoms with Gasteiger partial charge in [-0.05, 0) is 24.6 Å². The molecular formula is C17H22FN3O6S. The summed E-state index contributed by atoms with van der Waals surface area (Å²) in [5.41, 5.74) is -0.305. The molecule has 11 heteroatoms. The van der Waals surface area contributed by atoms with E-state index in [2.05, 4.69) is 5.32 Å². The first kappa shape index (κ1) is 20.3. The van der Waals surface area contributed by atoms with E-state index in [1.165, 1.54) is 12.1 Å². The van der Waals surface area contributed by atoms with Gasteiger partial charge in [0, 0.05) is 12.5 Å². The molecule has 1 aromatic carbocycles. The molecular weight excluding hydrogens is 393 g/mol. The number of aromatic hydroxyl groups is 1. The number of rotatable bonds is 5. The normalized spacial score (nSPS) is 21.6. The molecule has 0 saturated carbocycles. The Hall–Kier alpha value is -2.40. The molecule has 9 nitrogen and oxygen atoms in total. The number of benzene rings is 1. The zero-order valence-corrected chi connectivity index (χ0v) is 16.3.